The van der Waals surface area contributed by atoms with E-state index in [-0.39, 0.29) is 0 Å². The summed E-state index contributed by atoms with van der Waals surface area (Å²) in [7, 11) is 0. The van der Waals surface area contributed by atoms with Crippen molar-refractivity contribution in [3.63, 3.8) is 0 Å². The molecule has 1 atom stereocenters. The summed E-state index contributed by atoms with van der Waals surface area (Å²) in [6, 6.07) is 5.50. The summed E-state index contributed by atoms with van der Waals surface area (Å²) in [6.45, 7) is 3.75. The Bertz CT molecular complexity index is 764. The Morgan fingerprint density at radius 1 is 1.42 bits per heavy atom. The predicted octanol–water partition coefficient (Wildman–Crippen LogP) is 3.42. The molecule has 2 rings (SSSR count). The van der Waals surface area contributed by atoms with Crippen LogP contribution in [0.2, 0.25) is 0 Å². The normalized spacial score (nSPS) is 12.8. The number of halogens is 1. The number of aryl methyl sites for hydroxylation is 1. The molecule has 0 aliphatic heterocycles. The number of hydrogen-bond donors (Lipinski definition) is 1. The van der Waals surface area contributed by atoms with Crippen LogP contribution >= 0.6 is 0 Å². The largest absolute Gasteiger partial charge is 0.490 e. The number of ether oxygens (including phenoxy) is 1. The zero-order valence-electron chi connectivity index (χ0n) is 13.6. The predicted molar refractivity (Wildman–Crippen MR) is 92.4 cm³/mol. The van der Waals surface area contributed by atoms with Gasteiger partial charge in [0.05, 0.1) is 17.4 Å². The molecule has 1 aromatic carbocycles. The van der Waals surface area contributed by atoms with Gasteiger partial charge in [0.15, 0.2) is 6.29 Å². The number of alkyl halides is 1. The molecule has 126 valence electrons. The molecule has 6 heteroatoms. The highest BCUT2D eigenvalue weighted by Gasteiger charge is 2.10. The molecular weight excluding hydrogens is 309 g/mol. The minimum Gasteiger partial charge on any atom is -0.490 e. The van der Waals surface area contributed by atoms with E-state index in [2.05, 4.69) is 5.10 Å². The minimum absolute atomic E-state index is 0.304. The Morgan fingerprint density at radius 3 is 2.83 bits per heavy atom. The molecule has 0 aliphatic carbocycles. The highest BCUT2D eigenvalue weighted by molar-refractivity contribution is 5.82. The Labute approximate surface area is 140 Å². The van der Waals surface area contributed by atoms with E-state index in [0.717, 1.165) is 11.3 Å². The number of nitrogens with zero attached hydrogens (tertiary/aromatic N) is 2. The molecule has 0 saturated heterocycles. The number of aldehydes is 1. The van der Waals surface area contributed by atoms with Gasteiger partial charge in [-0.15, -0.1) is 0 Å². The van der Waals surface area contributed by atoms with Gasteiger partial charge >= 0.3 is 0 Å². The van der Waals surface area contributed by atoms with Crippen LogP contribution in [0.25, 0.3) is 5.69 Å². The number of nitrogen functional groups attached to an aromatic ring is 1. The topological polar surface area (TPSA) is 70.1 Å². The fraction of sp³-hybridized carbons (Fsp3) is 0.222. The van der Waals surface area contributed by atoms with Crippen LogP contribution in [0.5, 0.6) is 5.75 Å². The van der Waals surface area contributed by atoms with Crippen molar-refractivity contribution < 1.29 is 13.9 Å². The van der Waals surface area contributed by atoms with Gasteiger partial charge in [0.2, 0.25) is 0 Å². The molecule has 2 aromatic rings. The summed E-state index contributed by atoms with van der Waals surface area (Å²) in [6.07, 6.45) is 7.79. The molecule has 1 unspecified atom stereocenters. The van der Waals surface area contributed by atoms with E-state index >= 15 is 0 Å². The molecular formula is C18H20FN3O2. The number of carbonyl (C=O) groups is 1. The lowest BCUT2D eigenvalue weighted by molar-refractivity contribution is 0.112. The standard InChI is InChI=1S/C18H20FN3O2/c1-13-10-16(24-9-5-3-4-6-14(2)19)7-8-17(13)22-18(20)15(12-23)11-21-22/h3-8,10-12,14H,9,20H2,1-2H3/b5-3-,6-4-. The van der Waals surface area contributed by atoms with Crippen molar-refractivity contribution in [2.75, 3.05) is 12.3 Å². The van der Waals surface area contributed by atoms with Crippen LogP contribution in [0.15, 0.2) is 48.7 Å². The lowest BCUT2D eigenvalue weighted by atomic mass is 10.2. The van der Waals surface area contributed by atoms with E-state index in [1.54, 1.807) is 24.3 Å². The van der Waals surface area contributed by atoms with Gasteiger partial charge in [0, 0.05) is 0 Å². The summed E-state index contributed by atoms with van der Waals surface area (Å²) in [4.78, 5) is 10.9. The maximum Gasteiger partial charge on any atom is 0.155 e. The summed E-state index contributed by atoms with van der Waals surface area (Å²) in [5.74, 6) is 1.00. The van der Waals surface area contributed by atoms with Crippen LogP contribution in [-0.4, -0.2) is 28.8 Å². The van der Waals surface area contributed by atoms with E-state index < -0.39 is 6.17 Å². The molecule has 0 saturated carbocycles. The SMILES string of the molecule is Cc1cc(OC/C=C\C=C/C(C)F)ccc1-n1ncc(C=O)c1N. The van der Waals surface area contributed by atoms with Gasteiger partial charge in [-0.05, 0) is 43.7 Å². The van der Waals surface area contributed by atoms with Crippen LogP contribution < -0.4 is 10.5 Å². The molecule has 1 heterocycles. The van der Waals surface area contributed by atoms with E-state index in [1.807, 2.05) is 19.1 Å². The van der Waals surface area contributed by atoms with Crippen molar-refractivity contribution in [1.29, 1.82) is 0 Å². The molecule has 0 aliphatic rings. The number of carbonyl (C=O) groups excluding carboxylic acids is 1. The van der Waals surface area contributed by atoms with Gasteiger partial charge in [-0.2, -0.15) is 5.10 Å². The third kappa shape index (κ3) is 4.32. The molecule has 0 bridgehead atoms. The van der Waals surface area contributed by atoms with E-state index in [0.29, 0.717) is 30.0 Å². The second-order valence-corrected chi connectivity index (χ2v) is 5.26. The molecule has 2 N–H and O–H groups in total. The first-order valence-corrected chi connectivity index (χ1v) is 7.53. The van der Waals surface area contributed by atoms with Crippen LogP contribution in [0, 0.1) is 6.92 Å². The first kappa shape index (κ1) is 17.5. The van der Waals surface area contributed by atoms with Crippen LogP contribution in [-0.2, 0) is 0 Å². The Hall–Kier alpha value is -2.89. The maximum atomic E-state index is 12.6. The Morgan fingerprint density at radius 2 is 2.21 bits per heavy atom. The monoisotopic (exact) mass is 329 g/mol. The Kier molecular flexibility index (Phi) is 5.89. The van der Waals surface area contributed by atoms with Crippen molar-refractivity contribution in [2.45, 2.75) is 20.0 Å². The summed E-state index contributed by atoms with van der Waals surface area (Å²) >= 11 is 0. The maximum absolute atomic E-state index is 12.6. The lowest BCUT2D eigenvalue weighted by Crippen LogP contribution is -2.05. The van der Waals surface area contributed by atoms with E-state index in [4.69, 9.17) is 10.5 Å². The second kappa shape index (κ2) is 8.10. The molecule has 0 radical (unpaired) electrons. The van der Waals surface area contributed by atoms with Crippen LogP contribution in [0.4, 0.5) is 10.2 Å². The molecule has 0 spiro atoms. The summed E-state index contributed by atoms with van der Waals surface area (Å²) < 4.78 is 19.7. The molecule has 24 heavy (non-hydrogen) atoms. The van der Waals surface area contributed by atoms with E-state index in [1.165, 1.54) is 23.9 Å². The lowest BCUT2D eigenvalue weighted by Gasteiger charge is -2.10. The number of aromatic nitrogens is 2. The van der Waals surface area contributed by atoms with Gasteiger partial charge in [0.25, 0.3) is 0 Å². The first-order chi connectivity index (χ1) is 11.5. The first-order valence-electron chi connectivity index (χ1n) is 7.53. The zero-order chi connectivity index (χ0) is 17.5. The minimum atomic E-state index is -0.958. The van der Waals surface area contributed by atoms with Crippen molar-refractivity contribution >= 4 is 12.1 Å². The fourth-order valence-corrected chi connectivity index (χ4v) is 2.10. The van der Waals surface area contributed by atoms with Crippen molar-refractivity contribution in [2.24, 2.45) is 0 Å². The van der Waals surface area contributed by atoms with Crippen LogP contribution in [0.3, 0.4) is 0 Å². The number of nitrogens with two attached hydrogens (primary N) is 1. The number of allylic oxidation sites excluding steroid dienone is 3. The fourth-order valence-electron chi connectivity index (χ4n) is 2.10. The zero-order valence-corrected chi connectivity index (χ0v) is 13.6. The summed E-state index contributed by atoms with van der Waals surface area (Å²) in [5.41, 5.74) is 7.95. The van der Waals surface area contributed by atoms with Crippen molar-refractivity contribution in [1.82, 2.24) is 9.78 Å². The third-order valence-electron chi connectivity index (χ3n) is 3.33. The smallest absolute Gasteiger partial charge is 0.155 e. The van der Waals surface area contributed by atoms with Gasteiger partial charge in [0.1, 0.15) is 24.3 Å². The molecule has 1 aromatic heterocycles. The van der Waals surface area contributed by atoms with Gasteiger partial charge in [-0.3, -0.25) is 4.79 Å². The quantitative estimate of drug-likeness (QED) is 0.624. The highest BCUT2D eigenvalue weighted by atomic mass is 19.1. The van der Waals surface area contributed by atoms with Gasteiger partial charge < -0.3 is 10.5 Å². The van der Waals surface area contributed by atoms with Crippen LogP contribution in [0.1, 0.15) is 22.8 Å². The molecule has 0 fully saturated rings. The van der Waals surface area contributed by atoms with Gasteiger partial charge in [-0.1, -0.05) is 18.2 Å². The number of rotatable bonds is 7. The number of anilines is 1. The highest BCUT2D eigenvalue weighted by Crippen LogP contribution is 2.23. The average Bonchev–Trinajstić information content (AvgIpc) is 2.91. The third-order valence-corrected chi connectivity index (χ3v) is 3.33. The molecule has 5 nitrogen and oxygen atoms in total. The average molecular weight is 329 g/mol. The van der Waals surface area contributed by atoms with Crippen molar-refractivity contribution in [3.05, 3.63) is 59.8 Å². The number of benzene rings is 1. The van der Waals surface area contributed by atoms with Gasteiger partial charge in [-0.25, -0.2) is 9.07 Å². The van der Waals surface area contributed by atoms with E-state index in [9.17, 15) is 9.18 Å². The van der Waals surface area contributed by atoms with Crippen molar-refractivity contribution in [3.8, 4) is 11.4 Å². The number of hydrogen-bond acceptors (Lipinski definition) is 4. The second-order valence-electron chi connectivity index (χ2n) is 5.26. The molecule has 0 amide bonds. The Balaban J connectivity index is 2.04. The summed E-state index contributed by atoms with van der Waals surface area (Å²) in [5, 5.41) is 4.13.